The van der Waals surface area contributed by atoms with Crippen LogP contribution in [0.3, 0.4) is 0 Å². The molecule has 4 nitrogen and oxygen atoms in total. The first-order valence-electron chi connectivity index (χ1n) is 4.83. The maximum absolute atomic E-state index is 11.3. The average molecular weight is 221 g/mol. The smallest absolute Gasteiger partial charge is 0.307 e. The van der Waals surface area contributed by atoms with Gasteiger partial charge in [-0.05, 0) is 20.3 Å². The van der Waals surface area contributed by atoms with Crippen molar-refractivity contribution in [2.75, 3.05) is 13.1 Å². The molecule has 0 N–H and O–H groups in total. The number of carbonyl (C=O) groups is 1. The predicted octanol–water partition coefficient (Wildman–Crippen LogP) is 2.82. The number of rotatable bonds is 5. The van der Waals surface area contributed by atoms with Gasteiger partial charge in [-0.15, -0.1) is 0 Å². The summed E-state index contributed by atoms with van der Waals surface area (Å²) in [5.41, 5.74) is 0. The first kappa shape index (κ1) is 13.2. The molecule has 0 bridgehead atoms. The van der Waals surface area contributed by atoms with E-state index in [4.69, 9.17) is 11.6 Å². The van der Waals surface area contributed by atoms with Crippen LogP contribution in [0, 0.1) is 0 Å². The molecule has 5 heteroatoms. The normalized spacial score (nSPS) is 11.3. The molecular formula is C9H17ClN2O2. The average Bonchev–Trinajstić information content (AvgIpc) is 2.17. The van der Waals surface area contributed by atoms with Crippen LogP contribution in [0.5, 0.6) is 0 Å². The zero-order valence-electron chi connectivity index (χ0n) is 8.92. The molecule has 0 aromatic rings. The quantitative estimate of drug-likeness (QED) is 0.406. The Morgan fingerprint density at radius 1 is 1.36 bits per heavy atom. The van der Waals surface area contributed by atoms with Gasteiger partial charge in [0.2, 0.25) is 0 Å². The van der Waals surface area contributed by atoms with E-state index in [-0.39, 0.29) is 0 Å². The van der Waals surface area contributed by atoms with Crippen molar-refractivity contribution in [2.45, 2.75) is 33.6 Å². The molecule has 1 amide bonds. The minimum Gasteiger partial charge on any atom is -0.307 e. The molecule has 0 aliphatic rings. The summed E-state index contributed by atoms with van der Waals surface area (Å²) < 4.78 is 0. The Hall–Kier alpha value is -0.770. The molecular weight excluding hydrogens is 204 g/mol. The summed E-state index contributed by atoms with van der Waals surface area (Å²) in [6.45, 7) is 6.95. The van der Waals surface area contributed by atoms with E-state index in [0.29, 0.717) is 24.7 Å². The fourth-order valence-corrected chi connectivity index (χ4v) is 1.10. The van der Waals surface area contributed by atoms with Gasteiger partial charge >= 0.3 is 6.09 Å². The predicted molar refractivity (Wildman–Crippen MR) is 57.6 cm³/mol. The molecule has 0 atom stereocenters. The van der Waals surface area contributed by atoms with Gasteiger partial charge in [-0.3, -0.25) is 4.84 Å². The van der Waals surface area contributed by atoms with Crippen LogP contribution in [0.4, 0.5) is 4.79 Å². The standard InChI is InChI=1S/C9H17ClN2O2/c1-4-7-8(10)11-14-9(13)12(5-2)6-3/h4-7H2,1-3H3. The maximum atomic E-state index is 11.3. The summed E-state index contributed by atoms with van der Waals surface area (Å²) >= 11 is 5.67. The summed E-state index contributed by atoms with van der Waals surface area (Å²) in [5, 5.41) is 3.85. The summed E-state index contributed by atoms with van der Waals surface area (Å²) in [6, 6.07) is 0. The van der Waals surface area contributed by atoms with E-state index < -0.39 is 6.09 Å². The molecule has 0 rings (SSSR count). The van der Waals surface area contributed by atoms with Crippen LogP contribution >= 0.6 is 11.6 Å². The molecule has 82 valence electrons. The highest BCUT2D eigenvalue weighted by Gasteiger charge is 2.10. The van der Waals surface area contributed by atoms with Gasteiger partial charge in [0.15, 0.2) is 0 Å². The summed E-state index contributed by atoms with van der Waals surface area (Å²) in [4.78, 5) is 17.4. The van der Waals surface area contributed by atoms with E-state index >= 15 is 0 Å². The van der Waals surface area contributed by atoms with Crippen molar-refractivity contribution >= 4 is 22.9 Å². The summed E-state index contributed by atoms with van der Waals surface area (Å²) in [7, 11) is 0. The fourth-order valence-electron chi connectivity index (χ4n) is 0.880. The maximum Gasteiger partial charge on any atom is 0.435 e. The minimum atomic E-state index is -0.454. The fraction of sp³-hybridized carbons (Fsp3) is 0.778. The first-order valence-corrected chi connectivity index (χ1v) is 5.21. The van der Waals surface area contributed by atoms with Crippen molar-refractivity contribution in [2.24, 2.45) is 5.16 Å². The molecule has 0 aliphatic carbocycles. The van der Waals surface area contributed by atoms with Crippen LogP contribution in [-0.2, 0) is 4.84 Å². The Balaban J connectivity index is 3.99. The van der Waals surface area contributed by atoms with Gasteiger partial charge in [0.1, 0.15) is 5.17 Å². The monoisotopic (exact) mass is 220 g/mol. The molecule has 0 radical (unpaired) electrons. The highest BCUT2D eigenvalue weighted by atomic mass is 35.5. The van der Waals surface area contributed by atoms with Crippen LogP contribution in [0.15, 0.2) is 5.16 Å². The highest BCUT2D eigenvalue weighted by molar-refractivity contribution is 6.65. The second-order valence-corrected chi connectivity index (χ2v) is 3.18. The van der Waals surface area contributed by atoms with E-state index in [9.17, 15) is 4.79 Å². The molecule has 0 spiro atoms. The van der Waals surface area contributed by atoms with Crippen molar-refractivity contribution in [3.8, 4) is 0 Å². The van der Waals surface area contributed by atoms with Crippen LogP contribution < -0.4 is 0 Å². The first-order chi connectivity index (χ1) is 6.65. The second kappa shape index (κ2) is 7.62. The van der Waals surface area contributed by atoms with Gasteiger partial charge in [0.05, 0.1) is 0 Å². The van der Waals surface area contributed by atoms with E-state index in [0.717, 1.165) is 6.42 Å². The Kier molecular flexibility index (Phi) is 7.20. The number of carbonyl (C=O) groups excluding carboxylic acids is 1. The SMILES string of the molecule is CCCC(Cl)=NOC(=O)N(CC)CC. The Bertz CT molecular complexity index is 203. The van der Waals surface area contributed by atoms with Crippen LogP contribution in [0.2, 0.25) is 0 Å². The van der Waals surface area contributed by atoms with Crippen molar-refractivity contribution < 1.29 is 9.63 Å². The minimum absolute atomic E-state index is 0.327. The Morgan fingerprint density at radius 3 is 2.36 bits per heavy atom. The molecule has 0 heterocycles. The Morgan fingerprint density at radius 2 is 1.93 bits per heavy atom. The molecule has 0 aromatic heterocycles. The van der Waals surface area contributed by atoms with E-state index in [1.807, 2.05) is 20.8 Å². The van der Waals surface area contributed by atoms with E-state index in [1.165, 1.54) is 4.90 Å². The third kappa shape index (κ3) is 5.07. The number of halogens is 1. The third-order valence-corrected chi connectivity index (χ3v) is 1.96. The highest BCUT2D eigenvalue weighted by Crippen LogP contribution is 2.00. The lowest BCUT2D eigenvalue weighted by Crippen LogP contribution is -2.30. The van der Waals surface area contributed by atoms with Crippen molar-refractivity contribution in [3.05, 3.63) is 0 Å². The van der Waals surface area contributed by atoms with Gasteiger partial charge in [0.25, 0.3) is 0 Å². The Labute approximate surface area is 89.8 Å². The van der Waals surface area contributed by atoms with Gasteiger partial charge in [-0.2, -0.15) is 0 Å². The van der Waals surface area contributed by atoms with Crippen molar-refractivity contribution in [3.63, 3.8) is 0 Å². The van der Waals surface area contributed by atoms with Crippen LogP contribution in [0.25, 0.3) is 0 Å². The van der Waals surface area contributed by atoms with Gasteiger partial charge in [0, 0.05) is 19.5 Å². The zero-order valence-corrected chi connectivity index (χ0v) is 9.67. The van der Waals surface area contributed by atoms with Gasteiger partial charge in [-0.25, -0.2) is 4.79 Å². The number of hydrogen-bond acceptors (Lipinski definition) is 3. The largest absolute Gasteiger partial charge is 0.435 e. The lowest BCUT2D eigenvalue weighted by molar-refractivity contribution is 0.109. The number of amides is 1. The molecule has 0 saturated heterocycles. The van der Waals surface area contributed by atoms with Crippen LogP contribution in [0.1, 0.15) is 33.6 Å². The van der Waals surface area contributed by atoms with Gasteiger partial charge in [-0.1, -0.05) is 23.7 Å². The topological polar surface area (TPSA) is 41.9 Å². The molecule has 0 unspecified atom stereocenters. The third-order valence-electron chi connectivity index (χ3n) is 1.70. The number of oxime groups is 1. The van der Waals surface area contributed by atoms with Gasteiger partial charge < -0.3 is 4.90 Å². The molecule has 0 saturated carbocycles. The molecule has 0 aliphatic heterocycles. The van der Waals surface area contributed by atoms with Crippen molar-refractivity contribution in [1.29, 1.82) is 0 Å². The zero-order chi connectivity index (χ0) is 11.0. The summed E-state index contributed by atoms with van der Waals surface area (Å²) in [5.74, 6) is 0. The molecule has 0 fully saturated rings. The second-order valence-electron chi connectivity index (χ2n) is 2.75. The molecule has 14 heavy (non-hydrogen) atoms. The molecule has 0 aromatic carbocycles. The number of nitrogens with zero attached hydrogens (tertiary/aromatic N) is 2. The van der Waals surface area contributed by atoms with E-state index in [1.54, 1.807) is 0 Å². The summed E-state index contributed by atoms with van der Waals surface area (Å²) in [6.07, 6.45) is 1.06. The lowest BCUT2D eigenvalue weighted by Gasteiger charge is -2.15. The number of hydrogen-bond donors (Lipinski definition) is 0. The van der Waals surface area contributed by atoms with E-state index in [2.05, 4.69) is 9.99 Å². The lowest BCUT2D eigenvalue weighted by atomic mass is 10.4. The van der Waals surface area contributed by atoms with Crippen molar-refractivity contribution in [1.82, 2.24) is 4.90 Å². The van der Waals surface area contributed by atoms with Crippen LogP contribution in [-0.4, -0.2) is 29.3 Å².